The molecule has 0 radical (unpaired) electrons. The molecule has 1 aromatic heterocycles. The van der Waals surface area contributed by atoms with Crippen molar-refractivity contribution < 1.29 is 31.8 Å². The Morgan fingerprint density at radius 3 is 2.56 bits per heavy atom. The Morgan fingerprint density at radius 1 is 1.12 bits per heavy atom. The van der Waals surface area contributed by atoms with Gasteiger partial charge >= 0.3 is 0 Å². The molecule has 1 aliphatic rings. The molecule has 0 saturated carbocycles. The third kappa shape index (κ3) is 8.99. The number of allylic oxidation sites excluding steroid dienone is 1. The number of carbonyl (C=O) groups is 2. The highest BCUT2D eigenvalue weighted by molar-refractivity contribution is 7.85. The molecular formula is C24H26N2O7S. The van der Waals surface area contributed by atoms with Gasteiger partial charge in [-0.15, -0.1) is 0 Å². The van der Waals surface area contributed by atoms with Gasteiger partial charge in [-0.25, -0.2) is 10.3 Å². The summed E-state index contributed by atoms with van der Waals surface area (Å²) < 4.78 is 32.2. The third-order valence-electron chi connectivity index (χ3n) is 4.75. The van der Waals surface area contributed by atoms with E-state index in [4.69, 9.17) is 13.8 Å². The predicted octanol–water partition coefficient (Wildman–Crippen LogP) is 3.04. The molecule has 3 rings (SSSR count). The van der Waals surface area contributed by atoms with E-state index in [-0.39, 0.29) is 12.4 Å². The van der Waals surface area contributed by atoms with Crippen molar-refractivity contribution in [3.63, 3.8) is 0 Å². The van der Waals surface area contributed by atoms with Gasteiger partial charge in [0.05, 0.1) is 18.6 Å². The largest absolute Gasteiger partial charge is 0.350 e. The Kier molecular flexibility index (Phi) is 9.23. The first-order chi connectivity index (χ1) is 16.3. The summed E-state index contributed by atoms with van der Waals surface area (Å²) in [5, 5.41) is 0. The molecule has 0 aliphatic carbocycles. The van der Waals surface area contributed by atoms with Crippen molar-refractivity contribution in [3.05, 3.63) is 77.1 Å². The van der Waals surface area contributed by atoms with E-state index in [9.17, 15) is 18.0 Å². The van der Waals surface area contributed by atoms with Crippen molar-refractivity contribution in [2.75, 3.05) is 12.9 Å². The average Bonchev–Trinajstić information content (AvgIpc) is 2.84. The van der Waals surface area contributed by atoms with Crippen LogP contribution >= 0.6 is 0 Å². The van der Waals surface area contributed by atoms with Crippen LogP contribution in [0.3, 0.4) is 0 Å². The van der Waals surface area contributed by atoms with Gasteiger partial charge < -0.3 is 4.74 Å². The van der Waals surface area contributed by atoms with Crippen LogP contribution in [-0.2, 0) is 35.3 Å². The summed E-state index contributed by atoms with van der Waals surface area (Å²) in [6, 6.07) is 9.97. The van der Waals surface area contributed by atoms with Gasteiger partial charge in [0.2, 0.25) is 0 Å². The van der Waals surface area contributed by atoms with Gasteiger partial charge in [-0.2, -0.15) is 8.42 Å². The van der Waals surface area contributed by atoms with E-state index in [1.807, 2.05) is 0 Å². The van der Waals surface area contributed by atoms with Gasteiger partial charge in [0, 0.05) is 30.9 Å². The van der Waals surface area contributed by atoms with Crippen LogP contribution in [0.25, 0.3) is 12.2 Å². The molecule has 1 fully saturated rings. The van der Waals surface area contributed by atoms with E-state index in [0.29, 0.717) is 29.0 Å². The van der Waals surface area contributed by atoms with Crippen molar-refractivity contribution >= 4 is 34.0 Å². The van der Waals surface area contributed by atoms with E-state index in [1.165, 1.54) is 12.2 Å². The SMILES string of the molecule is CS(=O)(=O)OCc1ccc(C(=O)/C=C/c2ccc(/C=C/C(=O)NOC3CCCCO3)nc2)cc1. The van der Waals surface area contributed by atoms with Crippen LogP contribution in [0, 0.1) is 0 Å². The number of ketones is 1. The monoisotopic (exact) mass is 486 g/mol. The highest BCUT2D eigenvalue weighted by atomic mass is 32.2. The lowest BCUT2D eigenvalue weighted by atomic mass is 10.1. The second-order valence-electron chi connectivity index (χ2n) is 7.59. The molecule has 1 N–H and O–H groups in total. The fourth-order valence-corrected chi connectivity index (χ4v) is 3.30. The van der Waals surface area contributed by atoms with E-state index in [0.717, 1.165) is 25.5 Å². The highest BCUT2D eigenvalue weighted by Gasteiger charge is 2.15. The number of benzene rings is 1. The number of hydroxylamine groups is 1. The topological polar surface area (TPSA) is 121 Å². The number of hydrogen-bond donors (Lipinski definition) is 1. The Bertz CT molecular complexity index is 1130. The van der Waals surface area contributed by atoms with E-state index in [2.05, 4.69) is 10.5 Å². The first-order valence-corrected chi connectivity index (χ1v) is 12.5. The number of nitrogens with one attached hydrogen (secondary N) is 1. The maximum atomic E-state index is 12.4. The molecule has 1 atom stereocenters. The standard InChI is InChI=1S/C24H26N2O7S/c1-34(29,30)32-17-19-5-9-20(10-6-19)22(27)13-8-18-7-11-21(25-16-18)12-14-23(28)26-33-24-4-2-3-15-31-24/h5-14,16,24H,2-4,15,17H2,1H3,(H,26,28)/b13-8+,14-12+. The van der Waals surface area contributed by atoms with Crippen molar-refractivity contribution in [1.82, 2.24) is 10.5 Å². The maximum Gasteiger partial charge on any atom is 0.267 e. The van der Waals surface area contributed by atoms with Crippen LogP contribution in [0.2, 0.25) is 0 Å². The minimum Gasteiger partial charge on any atom is -0.350 e. The minimum absolute atomic E-state index is 0.0841. The molecule has 180 valence electrons. The summed E-state index contributed by atoms with van der Waals surface area (Å²) in [6.07, 6.45) is 10.8. The number of hydrogen-bond acceptors (Lipinski definition) is 8. The number of pyridine rings is 1. The van der Waals surface area contributed by atoms with Gasteiger partial charge in [-0.05, 0) is 48.3 Å². The normalized spacial score (nSPS) is 16.7. The predicted molar refractivity (Wildman–Crippen MR) is 126 cm³/mol. The molecular weight excluding hydrogens is 460 g/mol. The molecule has 0 bridgehead atoms. The second-order valence-corrected chi connectivity index (χ2v) is 9.23. The van der Waals surface area contributed by atoms with Crippen LogP contribution < -0.4 is 5.48 Å². The van der Waals surface area contributed by atoms with Crippen molar-refractivity contribution in [2.24, 2.45) is 0 Å². The zero-order valence-corrected chi connectivity index (χ0v) is 19.5. The lowest BCUT2D eigenvalue weighted by molar-refractivity contribution is -0.198. The maximum absolute atomic E-state index is 12.4. The molecule has 1 aliphatic heterocycles. The van der Waals surface area contributed by atoms with Crippen molar-refractivity contribution in [3.8, 4) is 0 Å². The van der Waals surface area contributed by atoms with Crippen molar-refractivity contribution in [2.45, 2.75) is 32.2 Å². The fourth-order valence-electron chi connectivity index (χ4n) is 2.95. The summed E-state index contributed by atoms with van der Waals surface area (Å²) in [7, 11) is -3.52. The van der Waals surface area contributed by atoms with Crippen LogP contribution in [0.15, 0.2) is 54.7 Å². The van der Waals surface area contributed by atoms with Crippen LogP contribution in [0.4, 0.5) is 0 Å². The molecule has 10 heteroatoms. The Labute approximate surface area is 198 Å². The fraction of sp³-hybridized carbons (Fsp3) is 0.292. The van der Waals surface area contributed by atoms with Crippen molar-refractivity contribution in [1.29, 1.82) is 0 Å². The van der Waals surface area contributed by atoms with Crippen LogP contribution in [0.1, 0.15) is 46.4 Å². The molecule has 2 aromatic rings. The Balaban J connectivity index is 1.47. The van der Waals surface area contributed by atoms with Gasteiger partial charge in [0.25, 0.3) is 16.0 Å². The molecule has 0 spiro atoms. The number of nitrogens with zero attached hydrogens (tertiary/aromatic N) is 1. The molecule has 2 heterocycles. The minimum atomic E-state index is -3.52. The number of aromatic nitrogens is 1. The molecule has 1 unspecified atom stereocenters. The number of ether oxygens (including phenoxy) is 1. The number of amides is 1. The summed E-state index contributed by atoms with van der Waals surface area (Å²) in [5.74, 6) is -0.627. The molecule has 9 nitrogen and oxygen atoms in total. The van der Waals surface area contributed by atoms with Crippen LogP contribution in [-0.4, -0.2) is 44.2 Å². The molecule has 1 saturated heterocycles. The van der Waals surface area contributed by atoms with Gasteiger partial charge in [-0.3, -0.25) is 18.8 Å². The quantitative estimate of drug-likeness (QED) is 0.235. The Hall–Kier alpha value is -3.18. The number of rotatable bonds is 10. The van der Waals surface area contributed by atoms with E-state index in [1.54, 1.807) is 54.7 Å². The van der Waals surface area contributed by atoms with E-state index < -0.39 is 22.3 Å². The lowest BCUT2D eigenvalue weighted by Gasteiger charge is -2.21. The Morgan fingerprint density at radius 2 is 1.91 bits per heavy atom. The average molecular weight is 487 g/mol. The number of carbonyl (C=O) groups excluding carboxylic acids is 2. The zero-order chi connectivity index (χ0) is 24.4. The summed E-state index contributed by atoms with van der Waals surface area (Å²) >= 11 is 0. The lowest BCUT2D eigenvalue weighted by Crippen LogP contribution is -2.32. The van der Waals surface area contributed by atoms with Gasteiger partial charge in [0.1, 0.15) is 0 Å². The summed E-state index contributed by atoms with van der Waals surface area (Å²) in [6.45, 7) is 0.543. The van der Waals surface area contributed by atoms with Gasteiger partial charge in [0.15, 0.2) is 12.1 Å². The van der Waals surface area contributed by atoms with Gasteiger partial charge in [-0.1, -0.05) is 30.3 Å². The smallest absolute Gasteiger partial charge is 0.267 e. The molecule has 1 aromatic carbocycles. The van der Waals surface area contributed by atoms with Crippen LogP contribution in [0.5, 0.6) is 0 Å². The second kappa shape index (κ2) is 12.3. The summed E-state index contributed by atoms with van der Waals surface area (Å²) in [4.78, 5) is 33.7. The third-order valence-corrected chi connectivity index (χ3v) is 5.29. The molecule has 1 amide bonds. The molecule has 34 heavy (non-hydrogen) atoms. The zero-order valence-electron chi connectivity index (χ0n) is 18.7. The first-order valence-electron chi connectivity index (χ1n) is 10.7. The summed E-state index contributed by atoms with van der Waals surface area (Å²) in [5.41, 5.74) is 4.72. The first kappa shape index (κ1) is 25.4. The van der Waals surface area contributed by atoms with E-state index >= 15 is 0 Å². The highest BCUT2D eigenvalue weighted by Crippen LogP contribution is 2.13.